The minimum atomic E-state index is -3.41. The van der Waals surface area contributed by atoms with Crippen molar-refractivity contribution in [3.63, 3.8) is 0 Å². The van der Waals surface area contributed by atoms with Gasteiger partial charge in [0.05, 0.1) is 11.4 Å². The van der Waals surface area contributed by atoms with Crippen molar-refractivity contribution in [1.29, 1.82) is 0 Å². The van der Waals surface area contributed by atoms with E-state index in [-0.39, 0.29) is 41.4 Å². The minimum Gasteiger partial charge on any atom is -0.494 e. The quantitative estimate of drug-likeness (QED) is 0.411. The fraction of sp³-hybridized carbons (Fsp3) is 0.167. The Morgan fingerprint density at radius 1 is 1.09 bits per heavy atom. The van der Waals surface area contributed by atoms with Crippen molar-refractivity contribution in [1.82, 2.24) is 9.55 Å². The number of pyridine rings is 1. The summed E-state index contributed by atoms with van der Waals surface area (Å²) in [7, 11) is -3.41. The number of carbonyl (C=O) groups is 1. The number of fused-ring (bicyclic) bond motifs is 1. The number of nitrogens with one attached hydrogen (secondary N) is 1. The number of benzene rings is 2. The lowest BCUT2D eigenvalue weighted by molar-refractivity contribution is -0.116. The molecule has 176 valence electrons. The van der Waals surface area contributed by atoms with Gasteiger partial charge in [0.1, 0.15) is 17.5 Å². The number of hydrogen-bond acceptors (Lipinski definition) is 5. The Balaban J connectivity index is 1.58. The molecule has 10 heteroatoms. The summed E-state index contributed by atoms with van der Waals surface area (Å²) >= 11 is 0. The standard InChI is InChI=1S/C24H21F2N3O4S/c1-34(32,33)17-9-11-21(27-13-17)28-22(30)12-10-20-23-18(3-2-4-19(23)26)24(31)29(20)14-15-5-7-16(25)8-6-15/h2-9,11,13,31H,10,12,14H2,1H3,(H,27,28,30). The average molecular weight is 486 g/mol. The summed E-state index contributed by atoms with van der Waals surface area (Å²) in [6.07, 6.45) is 2.26. The van der Waals surface area contributed by atoms with Crippen LogP contribution in [0.1, 0.15) is 17.7 Å². The Morgan fingerprint density at radius 3 is 2.47 bits per heavy atom. The van der Waals surface area contributed by atoms with Crippen LogP contribution in [0.15, 0.2) is 65.7 Å². The van der Waals surface area contributed by atoms with Crippen molar-refractivity contribution in [2.75, 3.05) is 11.6 Å². The second kappa shape index (κ2) is 9.22. The monoisotopic (exact) mass is 485 g/mol. The molecule has 0 aliphatic heterocycles. The molecular formula is C24H21F2N3O4S. The third-order valence-corrected chi connectivity index (χ3v) is 6.50. The molecule has 0 radical (unpaired) electrons. The van der Waals surface area contributed by atoms with Crippen molar-refractivity contribution in [3.8, 4) is 5.88 Å². The Bertz CT molecular complexity index is 1470. The third-order valence-electron chi connectivity index (χ3n) is 5.40. The first kappa shape index (κ1) is 23.4. The number of aromatic hydroxyl groups is 1. The van der Waals surface area contributed by atoms with Crippen LogP contribution in [0.3, 0.4) is 0 Å². The van der Waals surface area contributed by atoms with Crippen LogP contribution in [0.25, 0.3) is 10.8 Å². The van der Waals surface area contributed by atoms with E-state index >= 15 is 0 Å². The molecule has 0 atom stereocenters. The summed E-state index contributed by atoms with van der Waals surface area (Å²) < 4.78 is 52.6. The predicted octanol–water partition coefficient (Wildman–Crippen LogP) is 4.04. The molecular weight excluding hydrogens is 464 g/mol. The van der Waals surface area contributed by atoms with E-state index < -0.39 is 27.4 Å². The normalized spacial score (nSPS) is 11.6. The van der Waals surface area contributed by atoms with Crippen molar-refractivity contribution < 1.29 is 27.1 Å². The van der Waals surface area contributed by atoms with Crippen molar-refractivity contribution in [2.24, 2.45) is 0 Å². The zero-order chi connectivity index (χ0) is 24.5. The van der Waals surface area contributed by atoms with Gasteiger partial charge < -0.3 is 15.0 Å². The summed E-state index contributed by atoms with van der Waals surface area (Å²) in [4.78, 5) is 16.5. The molecule has 4 rings (SSSR count). The molecule has 0 spiro atoms. The highest BCUT2D eigenvalue weighted by Gasteiger charge is 2.20. The molecule has 2 aromatic carbocycles. The maximum atomic E-state index is 14.7. The average Bonchev–Trinajstić information content (AvgIpc) is 3.06. The smallest absolute Gasteiger partial charge is 0.225 e. The van der Waals surface area contributed by atoms with E-state index in [2.05, 4.69) is 10.3 Å². The first-order valence-electron chi connectivity index (χ1n) is 10.3. The number of aromatic nitrogens is 2. The number of sulfone groups is 1. The second-order valence-corrected chi connectivity index (χ2v) is 9.86. The topological polar surface area (TPSA) is 101 Å². The van der Waals surface area contributed by atoms with Gasteiger partial charge in [0.2, 0.25) is 5.91 Å². The molecule has 4 aromatic rings. The lowest BCUT2D eigenvalue weighted by Crippen LogP contribution is -2.15. The van der Waals surface area contributed by atoms with Crippen LogP contribution < -0.4 is 5.32 Å². The first-order valence-corrected chi connectivity index (χ1v) is 12.2. The molecule has 0 fully saturated rings. The summed E-state index contributed by atoms with van der Waals surface area (Å²) in [5.41, 5.74) is 1.11. The van der Waals surface area contributed by atoms with Crippen LogP contribution in [0.2, 0.25) is 0 Å². The van der Waals surface area contributed by atoms with Crippen LogP contribution in [0.4, 0.5) is 14.6 Å². The van der Waals surface area contributed by atoms with Crippen LogP contribution >= 0.6 is 0 Å². The maximum Gasteiger partial charge on any atom is 0.225 e. The number of rotatable bonds is 7. The highest BCUT2D eigenvalue weighted by molar-refractivity contribution is 7.90. The molecule has 1 amide bonds. The molecule has 0 aliphatic rings. The van der Waals surface area contributed by atoms with Gasteiger partial charge in [-0.25, -0.2) is 22.2 Å². The molecule has 7 nitrogen and oxygen atoms in total. The molecule has 0 bridgehead atoms. The molecule has 0 aliphatic carbocycles. The van der Waals surface area contributed by atoms with Crippen molar-refractivity contribution in [2.45, 2.75) is 24.3 Å². The number of hydrogen-bond donors (Lipinski definition) is 2. The van der Waals surface area contributed by atoms with Gasteiger partial charge >= 0.3 is 0 Å². The van der Waals surface area contributed by atoms with Crippen molar-refractivity contribution in [3.05, 3.63) is 83.7 Å². The largest absolute Gasteiger partial charge is 0.494 e. The van der Waals surface area contributed by atoms with E-state index in [0.29, 0.717) is 16.6 Å². The van der Waals surface area contributed by atoms with E-state index in [4.69, 9.17) is 0 Å². The fourth-order valence-corrected chi connectivity index (χ4v) is 4.28. The Hall–Kier alpha value is -3.79. The van der Waals surface area contributed by atoms with E-state index in [9.17, 15) is 27.1 Å². The highest BCUT2D eigenvalue weighted by atomic mass is 32.2. The molecule has 34 heavy (non-hydrogen) atoms. The minimum absolute atomic E-state index is 0.0292. The highest BCUT2D eigenvalue weighted by Crippen LogP contribution is 2.34. The molecule has 2 N–H and O–H groups in total. The van der Waals surface area contributed by atoms with Gasteiger partial charge in [-0.15, -0.1) is 0 Å². The summed E-state index contributed by atoms with van der Waals surface area (Å²) in [6, 6.07) is 12.8. The summed E-state index contributed by atoms with van der Waals surface area (Å²) in [5.74, 6) is -1.31. The number of nitrogens with zero attached hydrogens (tertiary/aromatic N) is 2. The number of carbonyl (C=O) groups excluding carboxylic acids is 1. The van der Waals surface area contributed by atoms with Gasteiger partial charge in [0.15, 0.2) is 15.7 Å². The van der Waals surface area contributed by atoms with Gasteiger partial charge in [-0.2, -0.15) is 0 Å². The third kappa shape index (κ3) is 4.91. The molecule has 2 aromatic heterocycles. The summed E-state index contributed by atoms with van der Waals surface area (Å²) in [6.45, 7) is 0.158. The number of amides is 1. The van der Waals surface area contributed by atoms with Gasteiger partial charge in [-0.05, 0) is 48.4 Å². The van der Waals surface area contributed by atoms with Gasteiger partial charge in [-0.1, -0.05) is 18.2 Å². The van der Waals surface area contributed by atoms with Gasteiger partial charge in [-0.3, -0.25) is 4.79 Å². The van der Waals surface area contributed by atoms with Gasteiger partial charge in [0, 0.05) is 35.3 Å². The molecule has 2 heterocycles. The van der Waals surface area contributed by atoms with E-state index in [1.165, 1.54) is 41.0 Å². The maximum absolute atomic E-state index is 14.7. The summed E-state index contributed by atoms with van der Waals surface area (Å²) in [5, 5.41) is 13.9. The lowest BCUT2D eigenvalue weighted by atomic mass is 10.1. The number of anilines is 1. The van der Waals surface area contributed by atoms with Gasteiger partial charge in [0.25, 0.3) is 0 Å². The lowest BCUT2D eigenvalue weighted by Gasteiger charge is -2.12. The zero-order valence-electron chi connectivity index (χ0n) is 18.1. The zero-order valence-corrected chi connectivity index (χ0v) is 18.9. The predicted molar refractivity (Wildman–Crippen MR) is 123 cm³/mol. The first-order chi connectivity index (χ1) is 16.1. The number of halogens is 2. The fourth-order valence-electron chi connectivity index (χ4n) is 3.73. The van der Waals surface area contributed by atoms with Crippen LogP contribution in [-0.2, 0) is 27.6 Å². The Morgan fingerprint density at radius 2 is 1.82 bits per heavy atom. The van der Waals surface area contributed by atoms with E-state index in [1.54, 1.807) is 18.2 Å². The van der Waals surface area contributed by atoms with Crippen LogP contribution in [-0.4, -0.2) is 35.2 Å². The Labute approximate surface area is 194 Å². The second-order valence-electron chi connectivity index (χ2n) is 7.84. The number of aryl methyl sites for hydroxylation is 1. The SMILES string of the molecule is CS(=O)(=O)c1ccc(NC(=O)CCc2c3c(F)cccc3c(O)n2Cc2ccc(F)cc2)nc1. The molecule has 0 saturated carbocycles. The molecule has 0 unspecified atom stereocenters. The van der Waals surface area contributed by atoms with E-state index in [1.807, 2.05) is 0 Å². The van der Waals surface area contributed by atoms with Crippen LogP contribution in [0.5, 0.6) is 5.88 Å². The Kier molecular flexibility index (Phi) is 6.34. The van der Waals surface area contributed by atoms with E-state index in [0.717, 1.165) is 12.5 Å². The van der Waals surface area contributed by atoms with Crippen LogP contribution in [0, 0.1) is 11.6 Å². The van der Waals surface area contributed by atoms with Crippen molar-refractivity contribution >= 4 is 32.3 Å². The molecule has 0 saturated heterocycles.